The number of rotatable bonds is 5. The van der Waals surface area contributed by atoms with Crippen molar-refractivity contribution in [2.75, 3.05) is 6.54 Å². The molecule has 18 heavy (non-hydrogen) atoms. The van der Waals surface area contributed by atoms with Crippen LogP contribution in [-0.2, 0) is 0 Å². The SMILES string of the molecule is C=CCC(NCC)c1ccc2nc(C)ccc2c1. The Balaban J connectivity index is 2.38. The van der Waals surface area contributed by atoms with Gasteiger partial charge in [-0.1, -0.05) is 25.1 Å². The van der Waals surface area contributed by atoms with Gasteiger partial charge < -0.3 is 5.32 Å². The van der Waals surface area contributed by atoms with Crippen LogP contribution in [-0.4, -0.2) is 11.5 Å². The van der Waals surface area contributed by atoms with Gasteiger partial charge in [-0.05, 0) is 43.7 Å². The number of fused-ring (bicyclic) bond motifs is 1. The van der Waals surface area contributed by atoms with Gasteiger partial charge in [0.1, 0.15) is 0 Å². The van der Waals surface area contributed by atoms with Gasteiger partial charge in [-0.15, -0.1) is 6.58 Å². The maximum atomic E-state index is 4.53. The summed E-state index contributed by atoms with van der Waals surface area (Å²) in [6.45, 7) is 8.94. The van der Waals surface area contributed by atoms with Crippen LogP contribution < -0.4 is 5.32 Å². The summed E-state index contributed by atoms with van der Waals surface area (Å²) in [6.07, 6.45) is 2.91. The number of hydrogen-bond donors (Lipinski definition) is 1. The zero-order valence-corrected chi connectivity index (χ0v) is 11.1. The van der Waals surface area contributed by atoms with E-state index >= 15 is 0 Å². The number of aromatic nitrogens is 1. The van der Waals surface area contributed by atoms with Crippen LogP contribution >= 0.6 is 0 Å². The van der Waals surface area contributed by atoms with Crippen molar-refractivity contribution in [2.24, 2.45) is 0 Å². The second kappa shape index (κ2) is 5.78. The van der Waals surface area contributed by atoms with Crippen LogP contribution in [0.1, 0.15) is 30.6 Å². The molecule has 0 aliphatic heterocycles. The Morgan fingerprint density at radius 2 is 2.17 bits per heavy atom. The van der Waals surface area contributed by atoms with E-state index in [0.29, 0.717) is 6.04 Å². The van der Waals surface area contributed by atoms with E-state index in [4.69, 9.17) is 0 Å². The van der Waals surface area contributed by atoms with E-state index in [1.54, 1.807) is 0 Å². The average molecular weight is 240 g/mol. The third kappa shape index (κ3) is 2.77. The fraction of sp³-hybridized carbons (Fsp3) is 0.312. The molecule has 1 atom stereocenters. The lowest BCUT2D eigenvalue weighted by atomic mass is 10.0. The summed E-state index contributed by atoms with van der Waals surface area (Å²) in [5, 5.41) is 4.68. The molecular formula is C16H20N2. The Labute approximate surface area is 109 Å². The minimum atomic E-state index is 0.346. The molecular weight excluding hydrogens is 220 g/mol. The number of aryl methyl sites for hydroxylation is 1. The van der Waals surface area contributed by atoms with Gasteiger partial charge in [0.05, 0.1) is 5.52 Å². The third-order valence-electron chi connectivity index (χ3n) is 3.11. The molecule has 0 aliphatic rings. The van der Waals surface area contributed by atoms with Crippen molar-refractivity contribution in [1.82, 2.24) is 10.3 Å². The standard InChI is InChI=1S/C16H20N2/c1-4-6-15(17-5-2)13-9-10-16-14(11-13)8-7-12(3)18-16/h4,7-11,15,17H,1,5-6H2,2-3H3. The van der Waals surface area contributed by atoms with E-state index in [1.165, 1.54) is 10.9 Å². The molecule has 0 saturated carbocycles. The summed E-state index contributed by atoms with van der Waals surface area (Å²) in [6, 6.07) is 11.0. The zero-order chi connectivity index (χ0) is 13.0. The van der Waals surface area contributed by atoms with Crippen molar-refractivity contribution in [2.45, 2.75) is 26.3 Å². The highest BCUT2D eigenvalue weighted by atomic mass is 14.9. The molecule has 2 rings (SSSR count). The molecule has 2 nitrogen and oxygen atoms in total. The number of nitrogens with zero attached hydrogens (tertiary/aromatic N) is 1. The molecule has 1 heterocycles. The van der Waals surface area contributed by atoms with Gasteiger partial charge in [0.25, 0.3) is 0 Å². The summed E-state index contributed by atoms with van der Waals surface area (Å²) >= 11 is 0. The fourth-order valence-corrected chi connectivity index (χ4v) is 2.21. The summed E-state index contributed by atoms with van der Waals surface area (Å²) in [7, 11) is 0. The second-order valence-corrected chi connectivity index (χ2v) is 4.54. The molecule has 0 aliphatic carbocycles. The number of pyridine rings is 1. The minimum Gasteiger partial charge on any atom is -0.310 e. The van der Waals surface area contributed by atoms with Gasteiger partial charge in [-0.2, -0.15) is 0 Å². The van der Waals surface area contributed by atoms with Gasteiger partial charge in [0.2, 0.25) is 0 Å². The molecule has 0 bridgehead atoms. The number of benzene rings is 1. The van der Waals surface area contributed by atoms with Gasteiger partial charge in [0, 0.05) is 17.1 Å². The molecule has 0 amide bonds. The lowest BCUT2D eigenvalue weighted by Gasteiger charge is -2.17. The minimum absolute atomic E-state index is 0.346. The Morgan fingerprint density at radius 1 is 1.33 bits per heavy atom. The van der Waals surface area contributed by atoms with Crippen LogP contribution in [0, 0.1) is 6.92 Å². The van der Waals surface area contributed by atoms with Crippen LogP contribution in [0.3, 0.4) is 0 Å². The monoisotopic (exact) mass is 240 g/mol. The predicted octanol–water partition coefficient (Wildman–Crippen LogP) is 3.77. The van der Waals surface area contributed by atoms with E-state index < -0.39 is 0 Å². The average Bonchev–Trinajstić information content (AvgIpc) is 2.38. The van der Waals surface area contributed by atoms with Crippen LogP contribution in [0.15, 0.2) is 43.0 Å². The first-order valence-electron chi connectivity index (χ1n) is 6.46. The third-order valence-corrected chi connectivity index (χ3v) is 3.11. The summed E-state index contributed by atoms with van der Waals surface area (Å²) in [5.74, 6) is 0. The van der Waals surface area contributed by atoms with Crippen molar-refractivity contribution in [3.63, 3.8) is 0 Å². The lowest BCUT2D eigenvalue weighted by molar-refractivity contribution is 0.559. The normalized spacial score (nSPS) is 12.6. The van der Waals surface area contributed by atoms with Crippen LogP contribution in [0.5, 0.6) is 0 Å². The number of nitrogens with one attached hydrogen (secondary N) is 1. The largest absolute Gasteiger partial charge is 0.310 e. The fourth-order valence-electron chi connectivity index (χ4n) is 2.21. The quantitative estimate of drug-likeness (QED) is 0.805. The molecule has 1 unspecified atom stereocenters. The summed E-state index contributed by atoms with van der Waals surface area (Å²) in [4.78, 5) is 4.53. The van der Waals surface area contributed by atoms with E-state index in [-0.39, 0.29) is 0 Å². The predicted molar refractivity (Wildman–Crippen MR) is 77.7 cm³/mol. The first-order chi connectivity index (χ1) is 8.74. The molecule has 1 aromatic carbocycles. The maximum absolute atomic E-state index is 4.53. The molecule has 0 saturated heterocycles. The van der Waals surface area contributed by atoms with Crippen molar-refractivity contribution in [3.05, 3.63) is 54.2 Å². The topological polar surface area (TPSA) is 24.9 Å². The number of hydrogen-bond acceptors (Lipinski definition) is 2. The van der Waals surface area contributed by atoms with E-state index in [2.05, 4.69) is 54.1 Å². The molecule has 0 radical (unpaired) electrons. The summed E-state index contributed by atoms with van der Waals surface area (Å²) < 4.78 is 0. The highest BCUT2D eigenvalue weighted by Gasteiger charge is 2.09. The molecule has 1 aromatic heterocycles. The highest BCUT2D eigenvalue weighted by molar-refractivity contribution is 5.79. The van der Waals surface area contributed by atoms with Crippen molar-refractivity contribution < 1.29 is 0 Å². The van der Waals surface area contributed by atoms with Crippen LogP contribution in [0.4, 0.5) is 0 Å². The van der Waals surface area contributed by atoms with Gasteiger partial charge in [-0.3, -0.25) is 4.98 Å². The molecule has 2 aromatic rings. The molecule has 0 fully saturated rings. The summed E-state index contributed by atoms with van der Waals surface area (Å²) in [5.41, 5.74) is 3.42. The Hall–Kier alpha value is -1.67. The van der Waals surface area contributed by atoms with Crippen LogP contribution in [0.2, 0.25) is 0 Å². The van der Waals surface area contributed by atoms with Gasteiger partial charge >= 0.3 is 0 Å². The Bertz CT molecular complexity index is 546. The first kappa shape index (κ1) is 12.8. The molecule has 0 spiro atoms. The Morgan fingerprint density at radius 3 is 2.89 bits per heavy atom. The Kier molecular flexibility index (Phi) is 4.11. The zero-order valence-electron chi connectivity index (χ0n) is 11.1. The lowest BCUT2D eigenvalue weighted by Crippen LogP contribution is -2.20. The molecule has 94 valence electrons. The van der Waals surface area contributed by atoms with E-state index in [9.17, 15) is 0 Å². The van der Waals surface area contributed by atoms with Crippen molar-refractivity contribution in [1.29, 1.82) is 0 Å². The molecule has 2 heteroatoms. The highest BCUT2D eigenvalue weighted by Crippen LogP contribution is 2.22. The van der Waals surface area contributed by atoms with E-state index in [1.807, 2.05) is 13.0 Å². The van der Waals surface area contributed by atoms with Crippen molar-refractivity contribution in [3.8, 4) is 0 Å². The van der Waals surface area contributed by atoms with Gasteiger partial charge in [0.15, 0.2) is 0 Å². The maximum Gasteiger partial charge on any atom is 0.0705 e. The first-order valence-corrected chi connectivity index (χ1v) is 6.46. The van der Waals surface area contributed by atoms with Crippen molar-refractivity contribution >= 4 is 10.9 Å². The second-order valence-electron chi connectivity index (χ2n) is 4.54. The van der Waals surface area contributed by atoms with E-state index in [0.717, 1.165) is 24.2 Å². The van der Waals surface area contributed by atoms with Gasteiger partial charge in [-0.25, -0.2) is 0 Å². The smallest absolute Gasteiger partial charge is 0.0705 e. The molecule has 1 N–H and O–H groups in total. The van der Waals surface area contributed by atoms with Crippen LogP contribution in [0.25, 0.3) is 10.9 Å².